The number of halogens is 3. The summed E-state index contributed by atoms with van der Waals surface area (Å²) in [4.78, 5) is 3.49. The predicted octanol–water partition coefficient (Wildman–Crippen LogP) is 0.480. The summed E-state index contributed by atoms with van der Waals surface area (Å²) in [6.45, 7) is 0.0134. The Balaban J connectivity index is 2.26. The monoisotopic (exact) mass is 154 g/mol. The normalized spacial score (nSPS) is 24.9. The summed E-state index contributed by atoms with van der Waals surface area (Å²) < 4.78 is 37.7. The second-order valence-electron chi connectivity index (χ2n) is 1.71. The molecule has 0 spiro atoms. The lowest BCUT2D eigenvalue weighted by Crippen LogP contribution is -2.33. The molecule has 0 bridgehead atoms. The van der Waals surface area contributed by atoms with Crippen LogP contribution in [0, 0.1) is 0 Å². The lowest BCUT2D eigenvalue weighted by molar-refractivity contribution is -0.342. The minimum atomic E-state index is -4.58. The molecule has 3 nitrogen and oxygen atoms in total. The van der Waals surface area contributed by atoms with Crippen LogP contribution < -0.4 is 5.32 Å². The molecule has 0 aromatic carbocycles. The number of rotatable bonds is 1. The lowest BCUT2D eigenvalue weighted by Gasteiger charge is -2.12. The first-order chi connectivity index (χ1) is 4.58. The van der Waals surface area contributed by atoms with Gasteiger partial charge in [-0.05, 0) is 0 Å². The fraction of sp³-hybridized carbons (Fsp3) is 0.750. The first-order valence-corrected chi connectivity index (χ1v) is 2.57. The third-order valence-electron chi connectivity index (χ3n) is 0.899. The predicted molar refractivity (Wildman–Crippen MR) is 27.4 cm³/mol. The van der Waals surface area contributed by atoms with Gasteiger partial charge in [0.1, 0.15) is 0 Å². The van der Waals surface area contributed by atoms with Crippen molar-refractivity contribution in [3.8, 4) is 0 Å². The van der Waals surface area contributed by atoms with Gasteiger partial charge in [0.25, 0.3) is 0 Å². The summed E-state index contributed by atoms with van der Waals surface area (Å²) in [6.07, 6.45) is -4.43. The Morgan fingerprint density at radius 3 is 2.70 bits per heavy atom. The molecule has 1 aliphatic rings. The van der Waals surface area contributed by atoms with Crippen molar-refractivity contribution in [1.29, 1.82) is 0 Å². The van der Waals surface area contributed by atoms with Crippen molar-refractivity contribution in [3.63, 3.8) is 0 Å². The van der Waals surface area contributed by atoms with Gasteiger partial charge in [-0.15, -0.1) is 13.2 Å². The van der Waals surface area contributed by atoms with Crippen LogP contribution in [-0.2, 0) is 4.74 Å². The first kappa shape index (κ1) is 7.33. The highest BCUT2D eigenvalue weighted by atomic mass is 19.4. The minimum absolute atomic E-state index is 0.0134. The highest BCUT2D eigenvalue weighted by molar-refractivity contribution is 5.56. The van der Waals surface area contributed by atoms with Gasteiger partial charge >= 0.3 is 6.36 Å². The number of alkyl halides is 3. The zero-order chi connectivity index (χ0) is 7.61. The highest BCUT2D eigenvalue weighted by Crippen LogP contribution is 2.18. The van der Waals surface area contributed by atoms with E-state index in [4.69, 9.17) is 0 Å². The molecule has 0 aliphatic carbocycles. The van der Waals surface area contributed by atoms with E-state index in [0.717, 1.165) is 0 Å². The van der Waals surface area contributed by atoms with Gasteiger partial charge in [-0.2, -0.15) is 0 Å². The van der Waals surface area contributed by atoms with Gasteiger partial charge in [0.15, 0.2) is 6.23 Å². The van der Waals surface area contributed by atoms with Crippen molar-refractivity contribution >= 4 is 6.34 Å². The molecule has 0 aromatic rings. The zero-order valence-electron chi connectivity index (χ0n) is 4.85. The van der Waals surface area contributed by atoms with Crippen molar-refractivity contribution in [2.75, 3.05) is 6.54 Å². The summed E-state index contributed by atoms with van der Waals surface area (Å²) in [7, 11) is 0. The zero-order valence-corrected chi connectivity index (χ0v) is 4.85. The van der Waals surface area contributed by atoms with E-state index in [1.165, 1.54) is 6.34 Å². The van der Waals surface area contributed by atoms with E-state index in [1.807, 2.05) is 0 Å². The number of nitrogens with zero attached hydrogens (tertiary/aromatic N) is 1. The number of nitrogens with one attached hydrogen (secondary N) is 1. The molecule has 1 N–H and O–H groups in total. The highest BCUT2D eigenvalue weighted by Gasteiger charge is 2.33. The summed E-state index contributed by atoms with van der Waals surface area (Å²) in [5.74, 6) is 0. The van der Waals surface area contributed by atoms with Crippen LogP contribution in [-0.4, -0.2) is 25.5 Å². The minimum Gasteiger partial charge on any atom is -0.350 e. The maximum atomic E-state index is 11.4. The van der Waals surface area contributed by atoms with Gasteiger partial charge in [-0.1, -0.05) is 0 Å². The molecule has 10 heavy (non-hydrogen) atoms. The summed E-state index contributed by atoms with van der Waals surface area (Å²) >= 11 is 0. The second kappa shape index (κ2) is 2.45. The topological polar surface area (TPSA) is 33.6 Å². The third kappa shape index (κ3) is 2.22. The van der Waals surface area contributed by atoms with Crippen LogP contribution in [0.15, 0.2) is 4.99 Å². The Kier molecular flexibility index (Phi) is 1.80. The molecule has 0 fully saturated rings. The Hall–Kier alpha value is -0.780. The molecule has 6 heteroatoms. The van der Waals surface area contributed by atoms with Crippen LogP contribution in [0.3, 0.4) is 0 Å². The van der Waals surface area contributed by atoms with Crippen LogP contribution in [0.2, 0.25) is 0 Å². The summed E-state index contributed by atoms with van der Waals surface area (Å²) in [5, 5.41) is 2.28. The standard InChI is InChI=1S/C4H5F3N2O/c5-4(6,7)10-3-1-8-2-9-3/h2-3H,1H2,(H,8,9). The summed E-state index contributed by atoms with van der Waals surface area (Å²) in [5.41, 5.74) is 0. The van der Waals surface area contributed by atoms with Crippen LogP contribution in [0.5, 0.6) is 0 Å². The van der Waals surface area contributed by atoms with E-state index < -0.39 is 12.6 Å². The number of ether oxygens (including phenoxy) is 1. The Morgan fingerprint density at radius 2 is 2.30 bits per heavy atom. The Labute approximate surface area is 54.9 Å². The first-order valence-electron chi connectivity index (χ1n) is 2.57. The molecular weight excluding hydrogens is 149 g/mol. The third-order valence-corrected chi connectivity index (χ3v) is 0.899. The van der Waals surface area contributed by atoms with E-state index in [9.17, 15) is 13.2 Å². The van der Waals surface area contributed by atoms with Gasteiger partial charge in [-0.25, -0.2) is 0 Å². The second-order valence-corrected chi connectivity index (χ2v) is 1.71. The fourth-order valence-electron chi connectivity index (χ4n) is 0.570. The molecule has 1 unspecified atom stereocenters. The lowest BCUT2D eigenvalue weighted by atomic mass is 10.6. The van der Waals surface area contributed by atoms with E-state index in [2.05, 4.69) is 15.0 Å². The van der Waals surface area contributed by atoms with Crippen LogP contribution in [0.1, 0.15) is 0 Å². The summed E-state index contributed by atoms with van der Waals surface area (Å²) in [6, 6.07) is 0. The van der Waals surface area contributed by atoms with Gasteiger partial charge in [-0.3, -0.25) is 9.73 Å². The van der Waals surface area contributed by atoms with Crippen LogP contribution >= 0.6 is 0 Å². The van der Waals surface area contributed by atoms with Crippen LogP contribution in [0.4, 0.5) is 13.2 Å². The molecule has 0 saturated carbocycles. The van der Waals surface area contributed by atoms with E-state index >= 15 is 0 Å². The maximum Gasteiger partial charge on any atom is 0.524 e. The van der Waals surface area contributed by atoms with Crippen molar-refractivity contribution < 1.29 is 17.9 Å². The van der Waals surface area contributed by atoms with Crippen molar-refractivity contribution in [1.82, 2.24) is 5.32 Å². The molecular formula is C4H5F3N2O. The number of hydrogen-bond donors (Lipinski definition) is 1. The van der Waals surface area contributed by atoms with Crippen molar-refractivity contribution in [2.45, 2.75) is 12.6 Å². The molecule has 1 heterocycles. The molecule has 1 rings (SSSR count). The molecule has 1 aliphatic heterocycles. The van der Waals surface area contributed by atoms with E-state index in [0.29, 0.717) is 0 Å². The molecule has 0 aromatic heterocycles. The van der Waals surface area contributed by atoms with Crippen molar-refractivity contribution in [3.05, 3.63) is 0 Å². The van der Waals surface area contributed by atoms with E-state index in [-0.39, 0.29) is 6.54 Å². The van der Waals surface area contributed by atoms with Gasteiger partial charge in [0, 0.05) is 0 Å². The average molecular weight is 154 g/mol. The molecule has 0 saturated heterocycles. The average Bonchev–Trinajstić information content (AvgIpc) is 2.12. The Bertz CT molecular complexity index is 136. The quantitative estimate of drug-likeness (QED) is 0.596. The van der Waals surface area contributed by atoms with Crippen molar-refractivity contribution in [2.24, 2.45) is 4.99 Å². The maximum absolute atomic E-state index is 11.4. The largest absolute Gasteiger partial charge is 0.524 e. The molecule has 0 amide bonds. The van der Waals surface area contributed by atoms with Crippen LogP contribution in [0.25, 0.3) is 0 Å². The smallest absolute Gasteiger partial charge is 0.350 e. The van der Waals surface area contributed by atoms with Gasteiger partial charge < -0.3 is 5.32 Å². The SMILES string of the molecule is FC(F)(F)OC1CN=CN1. The number of aliphatic imine (C=N–C) groups is 1. The molecule has 0 radical (unpaired) electrons. The molecule has 58 valence electrons. The number of hydrogen-bond acceptors (Lipinski definition) is 3. The Morgan fingerprint density at radius 1 is 1.60 bits per heavy atom. The van der Waals surface area contributed by atoms with Gasteiger partial charge in [0.2, 0.25) is 0 Å². The van der Waals surface area contributed by atoms with Gasteiger partial charge in [0.05, 0.1) is 12.9 Å². The fourth-order valence-corrected chi connectivity index (χ4v) is 0.570. The molecule has 1 atom stereocenters. The van der Waals surface area contributed by atoms with E-state index in [1.54, 1.807) is 0 Å².